The van der Waals surface area contributed by atoms with E-state index in [0.29, 0.717) is 5.69 Å². The van der Waals surface area contributed by atoms with E-state index >= 15 is 0 Å². The van der Waals surface area contributed by atoms with Gasteiger partial charge in [-0.25, -0.2) is 0 Å². The number of H-pyrrole nitrogens is 1. The average molecular weight is 327 g/mol. The fourth-order valence-electron chi connectivity index (χ4n) is 4.19. The second-order valence-corrected chi connectivity index (χ2v) is 7.39. The van der Waals surface area contributed by atoms with Crippen molar-refractivity contribution in [3.05, 3.63) is 36.0 Å². The second-order valence-electron chi connectivity index (χ2n) is 7.39. The Bertz CT molecular complexity index is 708. The van der Waals surface area contributed by atoms with Crippen LogP contribution < -0.4 is 0 Å². The zero-order valence-corrected chi connectivity index (χ0v) is 14.3. The molecule has 1 unspecified atom stereocenters. The maximum absolute atomic E-state index is 13.0. The number of nitrogens with one attached hydrogen (secondary N) is 1. The number of hydrogen-bond donors (Lipinski definition) is 1. The molecule has 1 aromatic heterocycles. The highest BCUT2D eigenvalue weighted by Gasteiger charge is 2.39. The third-order valence-electron chi connectivity index (χ3n) is 5.34. The lowest BCUT2D eigenvalue weighted by atomic mass is 9.80. The summed E-state index contributed by atoms with van der Waals surface area (Å²) in [7, 11) is 2.15. The summed E-state index contributed by atoms with van der Waals surface area (Å²) in [6.45, 7) is 5.13. The third kappa shape index (κ3) is 2.94. The number of nitrogens with zero attached hydrogens (tertiary/aromatic N) is 2. The molecule has 2 aliphatic heterocycles. The molecule has 1 aromatic carbocycles. The molecule has 1 amide bonds. The topological polar surface area (TPSA) is 48.6 Å². The predicted octanol–water partition coefficient (Wildman–Crippen LogP) is 2.35. The molecule has 2 saturated heterocycles. The van der Waals surface area contributed by atoms with Crippen LogP contribution in [0, 0.1) is 5.41 Å². The molecular weight excluding hydrogens is 302 g/mol. The number of benzene rings is 1. The van der Waals surface area contributed by atoms with Crippen LogP contribution in [0.25, 0.3) is 10.9 Å². The van der Waals surface area contributed by atoms with Crippen LogP contribution in [0.4, 0.5) is 0 Å². The molecule has 1 atom stereocenters. The number of carbonyl (C=O) groups is 1. The molecule has 2 fully saturated rings. The minimum atomic E-state index is 0.0746. The van der Waals surface area contributed by atoms with Crippen LogP contribution in [0.5, 0.6) is 0 Å². The lowest BCUT2D eigenvalue weighted by molar-refractivity contribution is 0.00841. The van der Waals surface area contributed by atoms with E-state index in [1.54, 1.807) is 0 Å². The van der Waals surface area contributed by atoms with Gasteiger partial charge in [-0.15, -0.1) is 0 Å². The summed E-state index contributed by atoms with van der Waals surface area (Å²) in [5.41, 5.74) is 1.78. The molecule has 0 bridgehead atoms. The highest BCUT2D eigenvalue weighted by molar-refractivity contribution is 5.98. The average Bonchev–Trinajstić information content (AvgIpc) is 2.94. The fraction of sp³-hybridized carbons (Fsp3) is 0.526. The normalized spacial score (nSPS) is 26.0. The van der Waals surface area contributed by atoms with Crippen LogP contribution >= 0.6 is 0 Å². The van der Waals surface area contributed by atoms with Gasteiger partial charge >= 0.3 is 0 Å². The van der Waals surface area contributed by atoms with E-state index in [9.17, 15) is 4.79 Å². The fourth-order valence-corrected chi connectivity index (χ4v) is 4.19. The summed E-state index contributed by atoms with van der Waals surface area (Å²) in [4.78, 5) is 20.6. The maximum Gasteiger partial charge on any atom is 0.270 e. The number of likely N-dealkylation sites (tertiary alicyclic amines) is 1. The summed E-state index contributed by atoms with van der Waals surface area (Å²) >= 11 is 0. The van der Waals surface area contributed by atoms with Gasteiger partial charge in [-0.2, -0.15) is 0 Å². The van der Waals surface area contributed by atoms with Crippen LogP contribution in [-0.4, -0.2) is 67.1 Å². The van der Waals surface area contributed by atoms with E-state index in [2.05, 4.69) is 16.9 Å². The van der Waals surface area contributed by atoms with Gasteiger partial charge in [0.2, 0.25) is 0 Å². The molecule has 4 rings (SSSR count). The Morgan fingerprint density at radius 1 is 1.25 bits per heavy atom. The molecule has 24 heavy (non-hydrogen) atoms. The quantitative estimate of drug-likeness (QED) is 0.875. The Kier molecular flexibility index (Phi) is 4.06. The Balaban J connectivity index is 1.55. The third-order valence-corrected chi connectivity index (χ3v) is 5.34. The number of para-hydroxylation sites is 1. The van der Waals surface area contributed by atoms with E-state index in [4.69, 9.17) is 4.74 Å². The molecule has 5 nitrogen and oxygen atoms in total. The molecule has 0 saturated carbocycles. The molecule has 1 N–H and O–H groups in total. The van der Waals surface area contributed by atoms with Crippen LogP contribution in [-0.2, 0) is 4.74 Å². The second kappa shape index (κ2) is 6.22. The number of piperidine rings is 1. The number of likely N-dealkylation sites (N-methyl/N-ethyl adjacent to an activating group) is 1. The van der Waals surface area contributed by atoms with Crippen molar-refractivity contribution < 1.29 is 9.53 Å². The number of fused-ring (bicyclic) bond motifs is 1. The van der Waals surface area contributed by atoms with Crippen molar-refractivity contribution in [1.82, 2.24) is 14.8 Å². The number of carbonyl (C=O) groups excluding carboxylic acids is 1. The summed E-state index contributed by atoms with van der Waals surface area (Å²) in [5.74, 6) is 0.108. The maximum atomic E-state index is 13.0. The molecule has 0 radical (unpaired) electrons. The first-order valence-electron chi connectivity index (χ1n) is 8.79. The van der Waals surface area contributed by atoms with Gasteiger partial charge < -0.3 is 19.5 Å². The summed E-state index contributed by atoms with van der Waals surface area (Å²) < 4.78 is 5.85. The molecule has 2 aromatic rings. The van der Waals surface area contributed by atoms with Crippen molar-refractivity contribution in [3.8, 4) is 0 Å². The first-order chi connectivity index (χ1) is 11.7. The monoisotopic (exact) mass is 327 g/mol. The summed E-state index contributed by atoms with van der Waals surface area (Å²) in [6.07, 6.45) is 2.18. The highest BCUT2D eigenvalue weighted by atomic mass is 16.5. The zero-order valence-electron chi connectivity index (χ0n) is 14.3. The molecular formula is C19H25N3O2. The lowest BCUT2D eigenvalue weighted by Gasteiger charge is -2.43. The van der Waals surface area contributed by atoms with Gasteiger partial charge in [0.1, 0.15) is 5.69 Å². The minimum absolute atomic E-state index is 0.0746. The first-order valence-corrected chi connectivity index (χ1v) is 8.79. The summed E-state index contributed by atoms with van der Waals surface area (Å²) in [5, 5.41) is 1.09. The molecule has 5 heteroatoms. The molecule has 128 valence electrons. The highest BCUT2D eigenvalue weighted by Crippen LogP contribution is 2.33. The van der Waals surface area contributed by atoms with Crippen LogP contribution in [0.2, 0.25) is 0 Å². The number of ether oxygens (including phenoxy) is 1. The first kappa shape index (κ1) is 15.7. The molecule has 1 spiro atoms. The molecule has 3 heterocycles. The van der Waals surface area contributed by atoms with Gasteiger partial charge in [-0.1, -0.05) is 18.2 Å². The van der Waals surface area contributed by atoms with Crippen molar-refractivity contribution in [1.29, 1.82) is 0 Å². The number of rotatable bonds is 1. The van der Waals surface area contributed by atoms with E-state index in [1.165, 1.54) is 0 Å². The Hall–Kier alpha value is -1.85. The van der Waals surface area contributed by atoms with Crippen molar-refractivity contribution >= 4 is 16.8 Å². The van der Waals surface area contributed by atoms with E-state index in [-0.39, 0.29) is 11.3 Å². The Morgan fingerprint density at radius 3 is 3.00 bits per heavy atom. The van der Waals surface area contributed by atoms with E-state index < -0.39 is 0 Å². The number of aromatic nitrogens is 1. The Labute approximate surface area is 142 Å². The van der Waals surface area contributed by atoms with Gasteiger partial charge in [0.05, 0.1) is 13.2 Å². The number of amides is 1. The van der Waals surface area contributed by atoms with Crippen LogP contribution in [0.3, 0.4) is 0 Å². The van der Waals surface area contributed by atoms with Crippen LogP contribution in [0.1, 0.15) is 23.3 Å². The van der Waals surface area contributed by atoms with Crippen LogP contribution in [0.15, 0.2) is 30.3 Å². The molecule has 0 aliphatic carbocycles. The standard InChI is InChI=1S/C19H25N3O2/c1-21-9-10-24-14-19(12-21)7-4-8-22(13-19)18(23)17-11-15-5-2-3-6-16(15)20-17/h2-3,5-6,11,20H,4,7-10,12-14H2,1H3. The molecule has 2 aliphatic rings. The largest absolute Gasteiger partial charge is 0.379 e. The zero-order chi connectivity index (χ0) is 16.6. The van der Waals surface area contributed by atoms with E-state index in [0.717, 1.165) is 63.1 Å². The minimum Gasteiger partial charge on any atom is -0.379 e. The van der Waals surface area contributed by atoms with Gasteiger partial charge in [-0.05, 0) is 32.0 Å². The van der Waals surface area contributed by atoms with E-state index in [1.807, 2.05) is 35.2 Å². The lowest BCUT2D eigenvalue weighted by Crippen LogP contribution is -2.51. The van der Waals surface area contributed by atoms with Gasteiger partial charge in [0.15, 0.2) is 0 Å². The van der Waals surface area contributed by atoms with Gasteiger partial charge in [0, 0.05) is 42.5 Å². The van der Waals surface area contributed by atoms with Gasteiger partial charge in [-0.3, -0.25) is 4.79 Å². The Morgan fingerprint density at radius 2 is 2.12 bits per heavy atom. The summed E-state index contributed by atoms with van der Waals surface area (Å²) in [6, 6.07) is 10.0. The predicted molar refractivity (Wildman–Crippen MR) is 94.2 cm³/mol. The number of aromatic amines is 1. The van der Waals surface area contributed by atoms with Gasteiger partial charge in [0.25, 0.3) is 5.91 Å². The number of hydrogen-bond acceptors (Lipinski definition) is 3. The smallest absolute Gasteiger partial charge is 0.270 e. The van der Waals surface area contributed by atoms with Crippen molar-refractivity contribution in [2.75, 3.05) is 46.4 Å². The SMILES string of the molecule is CN1CCOCC2(CCCN(C(=O)c3cc4ccccc4[nH]3)C2)C1. The van der Waals surface area contributed by atoms with Crippen molar-refractivity contribution in [2.45, 2.75) is 12.8 Å². The van der Waals surface area contributed by atoms with Crippen molar-refractivity contribution in [3.63, 3.8) is 0 Å². The van der Waals surface area contributed by atoms with Crippen molar-refractivity contribution in [2.24, 2.45) is 5.41 Å².